The summed E-state index contributed by atoms with van der Waals surface area (Å²) in [6, 6.07) is 10.4. The van der Waals surface area contributed by atoms with Crippen LogP contribution in [0.15, 0.2) is 57.9 Å². The molecule has 0 amide bonds. The number of ether oxygens (including phenoxy) is 2. The average Bonchev–Trinajstić information content (AvgIpc) is 3.79. The Bertz CT molecular complexity index is 1810. The van der Waals surface area contributed by atoms with Crippen molar-refractivity contribution in [2.45, 2.75) is 18.7 Å². The molecule has 4 aromatic rings. The van der Waals surface area contributed by atoms with Crippen molar-refractivity contribution in [1.82, 2.24) is 9.55 Å². The lowest BCUT2D eigenvalue weighted by Gasteiger charge is -2.24. The molecule has 3 atom stereocenters. The van der Waals surface area contributed by atoms with Gasteiger partial charge in [-0.1, -0.05) is 6.07 Å². The molecular weight excluding hydrogens is 581 g/mol. The minimum Gasteiger partial charge on any atom is -0.477 e. The molecule has 3 saturated heterocycles. The number of nitrogens with zero attached hydrogens (tertiary/aromatic N) is 4. The number of halogens is 3. The minimum absolute atomic E-state index is 0.0186. The first kappa shape index (κ1) is 28.4. The van der Waals surface area contributed by atoms with Crippen LogP contribution in [0, 0.1) is 11.8 Å². The van der Waals surface area contributed by atoms with E-state index in [0.29, 0.717) is 67.4 Å². The Labute approximate surface area is 249 Å². The van der Waals surface area contributed by atoms with Gasteiger partial charge >= 0.3 is 12.1 Å². The summed E-state index contributed by atoms with van der Waals surface area (Å²) in [5, 5.41) is 9.69. The highest BCUT2D eigenvalue weighted by atomic mass is 19.4. The second-order valence-corrected chi connectivity index (χ2v) is 11.5. The van der Waals surface area contributed by atoms with E-state index in [1.54, 1.807) is 23.1 Å². The Kier molecular flexibility index (Phi) is 6.89. The number of hydrogen-bond acceptors (Lipinski definition) is 8. The van der Waals surface area contributed by atoms with Crippen LogP contribution in [0.1, 0.15) is 22.3 Å². The van der Waals surface area contributed by atoms with E-state index in [0.717, 1.165) is 31.4 Å². The van der Waals surface area contributed by atoms with Crippen molar-refractivity contribution in [3.63, 3.8) is 0 Å². The van der Waals surface area contributed by atoms with E-state index in [9.17, 15) is 27.9 Å². The summed E-state index contributed by atoms with van der Waals surface area (Å²) in [4.78, 5) is 33.1. The molecule has 230 valence electrons. The van der Waals surface area contributed by atoms with Crippen LogP contribution in [-0.4, -0.2) is 73.2 Å². The number of pyridine rings is 1. The molecule has 2 aromatic heterocycles. The molecule has 10 nitrogen and oxygen atoms in total. The number of carbonyl (C=O) groups is 1. The van der Waals surface area contributed by atoms with Crippen LogP contribution in [0.3, 0.4) is 0 Å². The third kappa shape index (κ3) is 4.99. The molecule has 3 aliphatic rings. The molecule has 5 heterocycles. The second kappa shape index (κ2) is 10.7. The van der Waals surface area contributed by atoms with Gasteiger partial charge in [-0.3, -0.25) is 4.79 Å². The standard InChI is InChI=1S/C31H29F3N4O6/c1-42-21-6-7-36(13-21)25-5-2-17(8-23(25)31(32,33)34)26-10-27(39)22(29(40)41)14-38(26)20-3-4-24-28(9-20)44-30(35-24)37-11-18-15-43-16-19(18)12-37/h2-5,8-10,14,18-19,21H,6-7,11-13,15-16H2,1H3,(H,40,41)/t18?,19?,21-/m1/s1. The lowest BCUT2D eigenvalue weighted by atomic mass is 10.0. The van der Waals surface area contributed by atoms with Crippen LogP contribution >= 0.6 is 0 Å². The van der Waals surface area contributed by atoms with E-state index in [-0.39, 0.29) is 23.0 Å². The monoisotopic (exact) mass is 610 g/mol. The minimum atomic E-state index is -4.68. The Morgan fingerprint density at radius 1 is 1.05 bits per heavy atom. The number of hydrogen-bond donors (Lipinski definition) is 1. The van der Waals surface area contributed by atoms with Crippen LogP contribution in [0.2, 0.25) is 0 Å². The summed E-state index contributed by atoms with van der Waals surface area (Å²) in [6.45, 7) is 3.66. The van der Waals surface area contributed by atoms with Crippen LogP contribution in [-0.2, 0) is 15.7 Å². The largest absolute Gasteiger partial charge is 0.477 e. The van der Waals surface area contributed by atoms with Crippen LogP contribution in [0.4, 0.5) is 24.9 Å². The summed E-state index contributed by atoms with van der Waals surface area (Å²) in [6.07, 6.45) is -3.12. The molecule has 2 unspecified atom stereocenters. The van der Waals surface area contributed by atoms with Crippen LogP contribution < -0.4 is 15.2 Å². The van der Waals surface area contributed by atoms with Crippen molar-refractivity contribution in [1.29, 1.82) is 0 Å². The highest BCUT2D eigenvalue weighted by Gasteiger charge is 2.39. The van der Waals surface area contributed by atoms with Crippen LogP contribution in [0.25, 0.3) is 28.0 Å². The maximum atomic E-state index is 14.4. The number of anilines is 2. The van der Waals surface area contributed by atoms with Gasteiger partial charge in [0.2, 0.25) is 0 Å². The molecule has 1 N–H and O–H groups in total. The first-order chi connectivity index (χ1) is 21.1. The summed E-state index contributed by atoms with van der Waals surface area (Å²) in [7, 11) is 1.53. The Morgan fingerprint density at radius 2 is 1.82 bits per heavy atom. The zero-order valence-corrected chi connectivity index (χ0v) is 23.7. The van der Waals surface area contributed by atoms with Gasteiger partial charge in [-0.2, -0.15) is 18.2 Å². The van der Waals surface area contributed by atoms with Gasteiger partial charge < -0.3 is 33.4 Å². The number of fused-ring (bicyclic) bond motifs is 2. The highest BCUT2D eigenvalue weighted by molar-refractivity contribution is 5.88. The average molecular weight is 611 g/mol. The van der Waals surface area contributed by atoms with Crippen LogP contribution in [0.5, 0.6) is 0 Å². The zero-order valence-electron chi connectivity index (χ0n) is 23.7. The molecule has 0 saturated carbocycles. The third-order valence-electron chi connectivity index (χ3n) is 8.85. The highest BCUT2D eigenvalue weighted by Crippen LogP contribution is 2.41. The molecule has 44 heavy (non-hydrogen) atoms. The Balaban J connectivity index is 1.31. The van der Waals surface area contributed by atoms with Gasteiger partial charge in [0.05, 0.1) is 30.6 Å². The normalized spacial score (nSPS) is 21.9. The lowest BCUT2D eigenvalue weighted by Crippen LogP contribution is -2.25. The Hall–Kier alpha value is -4.36. The van der Waals surface area contributed by atoms with Gasteiger partial charge in [0.1, 0.15) is 11.1 Å². The lowest BCUT2D eigenvalue weighted by molar-refractivity contribution is -0.137. The Morgan fingerprint density at radius 3 is 2.50 bits per heavy atom. The molecule has 2 aromatic carbocycles. The van der Waals surface area contributed by atoms with Crippen molar-refractivity contribution < 1.29 is 37.0 Å². The van der Waals surface area contributed by atoms with Crippen molar-refractivity contribution in [3.05, 3.63) is 70.0 Å². The number of carboxylic acid groups (broad SMARTS) is 1. The number of rotatable bonds is 6. The zero-order chi connectivity index (χ0) is 30.7. The topological polar surface area (TPSA) is 110 Å². The molecule has 0 bridgehead atoms. The molecular formula is C31H29F3N4O6. The van der Waals surface area contributed by atoms with Gasteiger partial charge in [0.25, 0.3) is 6.01 Å². The fraction of sp³-hybridized carbons (Fsp3) is 0.387. The molecule has 0 spiro atoms. The number of benzene rings is 2. The summed E-state index contributed by atoms with van der Waals surface area (Å²) >= 11 is 0. The number of aromatic nitrogens is 2. The smallest absolute Gasteiger partial charge is 0.418 e. The summed E-state index contributed by atoms with van der Waals surface area (Å²) in [5.41, 5.74) is -0.605. The first-order valence-electron chi connectivity index (χ1n) is 14.3. The third-order valence-corrected chi connectivity index (χ3v) is 8.85. The van der Waals surface area contributed by atoms with E-state index < -0.39 is 28.7 Å². The molecule has 0 radical (unpaired) electrons. The van der Waals surface area contributed by atoms with E-state index in [4.69, 9.17) is 13.9 Å². The summed E-state index contributed by atoms with van der Waals surface area (Å²) < 4.78 is 61.6. The number of carboxylic acids is 1. The predicted molar refractivity (Wildman–Crippen MR) is 155 cm³/mol. The molecule has 13 heteroatoms. The van der Waals surface area contributed by atoms with E-state index in [1.165, 1.54) is 23.8 Å². The van der Waals surface area contributed by atoms with Gasteiger partial charge in [-0.15, -0.1) is 0 Å². The molecule has 0 aliphatic carbocycles. The fourth-order valence-electron chi connectivity index (χ4n) is 6.50. The molecule has 3 fully saturated rings. The quantitative estimate of drug-likeness (QED) is 0.333. The fourth-order valence-corrected chi connectivity index (χ4v) is 6.50. The van der Waals surface area contributed by atoms with Gasteiger partial charge in [-0.25, -0.2) is 4.79 Å². The number of alkyl halides is 3. The van der Waals surface area contributed by atoms with Gasteiger partial charge in [0, 0.05) is 74.8 Å². The van der Waals surface area contributed by atoms with Gasteiger partial charge in [0.15, 0.2) is 11.0 Å². The SMILES string of the molecule is CO[C@@H]1CCN(c2ccc(-c3cc(=O)c(C(=O)O)cn3-c3ccc4nc(N5CC6COCC6C5)oc4c3)cc2C(F)(F)F)C1. The number of aromatic carboxylic acids is 1. The van der Waals surface area contributed by atoms with E-state index in [2.05, 4.69) is 9.88 Å². The van der Waals surface area contributed by atoms with Crippen molar-refractivity contribution in [2.24, 2.45) is 11.8 Å². The maximum Gasteiger partial charge on any atom is 0.418 e. The predicted octanol–water partition coefficient (Wildman–Crippen LogP) is 4.67. The van der Waals surface area contributed by atoms with Crippen molar-refractivity contribution >= 4 is 28.8 Å². The maximum absolute atomic E-state index is 14.4. The number of methoxy groups -OCH3 is 1. The van der Waals surface area contributed by atoms with E-state index >= 15 is 0 Å². The van der Waals surface area contributed by atoms with Gasteiger partial charge in [-0.05, 0) is 36.2 Å². The van der Waals surface area contributed by atoms with Crippen molar-refractivity contribution in [2.75, 3.05) is 56.3 Å². The first-order valence-corrected chi connectivity index (χ1v) is 14.3. The summed E-state index contributed by atoms with van der Waals surface area (Å²) in [5.74, 6) is -0.618. The second-order valence-electron chi connectivity index (χ2n) is 11.5. The van der Waals surface area contributed by atoms with E-state index in [1.807, 2.05) is 0 Å². The van der Waals surface area contributed by atoms with Crippen molar-refractivity contribution in [3.8, 4) is 16.9 Å². The number of oxazole rings is 1. The molecule has 7 rings (SSSR count). The molecule has 3 aliphatic heterocycles.